The van der Waals surface area contributed by atoms with Gasteiger partial charge in [-0.25, -0.2) is 4.98 Å². The monoisotopic (exact) mass is 592 g/mol. The molecule has 1 saturated heterocycles. The van der Waals surface area contributed by atoms with Crippen LogP contribution >= 0.6 is 11.3 Å². The second kappa shape index (κ2) is 12.3. The van der Waals surface area contributed by atoms with E-state index in [0.717, 1.165) is 36.2 Å². The van der Waals surface area contributed by atoms with Gasteiger partial charge in [-0.15, -0.1) is 11.3 Å². The van der Waals surface area contributed by atoms with Gasteiger partial charge in [-0.3, -0.25) is 19.8 Å². The van der Waals surface area contributed by atoms with Crippen LogP contribution in [0.5, 0.6) is 5.75 Å². The van der Waals surface area contributed by atoms with E-state index in [0.29, 0.717) is 44.8 Å². The number of nitro groups is 1. The number of aromatic nitrogens is 1. The molecule has 2 heterocycles. The van der Waals surface area contributed by atoms with E-state index in [1.807, 2.05) is 4.90 Å². The summed E-state index contributed by atoms with van der Waals surface area (Å²) in [5.41, 5.74) is -0.117. The Labute approximate surface area is 239 Å². The minimum atomic E-state index is -4.86. The highest BCUT2D eigenvalue weighted by Crippen LogP contribution is 2.39. The lowest BCUT2D eigenvalue weighted by molar-refractivity contribution is -0.388. The van der Waals surface area contributed by atoms with Crippen LogP contribution in [0, 0.1) is 17.0 Å². The number of hydrogen-bond donors (Lipinski definition) is 0. The highest BCUT2D eigenvalue weighted by Gasteiger charge is 2.39. The lowest BCUT2D eigenvalue weighted by Crippen LogP contribution is -2.49. The first-order chi connectivity index (χ1) is 19.5. The number of benzene rings is 2. The van der Waals surface area contributed by atoms with Crippen molar-refractivity contribution in [3.05, 3.63) is 62.6 Å². The Morgan fingerprint density at radius 3 is 2.46 bits per heavy atom. The van der Waals surface area contributed by atoms with Crippen molar-refractivity contribution < 1.29 is 32.4 Å². The van der Waals surface area contributed by atoms with Gasteiger partial charge in [0.15, 0.2) is 0 Å². The number of rotatable bonds is 8. The third-order valence-electron chi connectivity index (χ3n) is 7.51. The fraction of sp³-hybridized carbons (Fsp3) is 0.500. The zero-order valence-corrected chi connectivity index (χ0v) is 23.4. The van der Waals surface area contributed by atoms with Gasteiger partial charge in [-0.2, -0.15) is 13.2 Å². The Morgan fingerprint density at radius 2 is 1.78 bits per heavy atom. The Hall–Kier alpha value is -3.29. The predicted octanol–water partition coefficient (Wildman–Crippen LogP) is 5.58. The molecule has 0 bridgehead atoms. The van der Waals surface area contributed by atoms with Crippen LogP contribution in [-0.4, -0.2) is 70.6 Å². The maximum Gasteiger partial charge on any atom is 0.423 e. The number of thiazole rings is 1. The molecule has 9 nitrogen and oxygen atoms in total. The van der Waals surface area contributed by atoms with E-state index in [2.05, 4.69) is 30.0 Å². The molecule has 1 amide bonds. The number of ether oxygens (including phenoxy) is 2. The van der Waals surface area contributed by atoms with Gasteiger partial charge < -0.3 is 14.4 Å². The maximum atomic E-state index is 13.2. The Kier molecular flexibility index (Phi) is 8.76. The lowest BCUT2D eigenvalue weighted by atomic mass is 9.95. The zero-order valence-electron chi connectivity index (χ0n) is 22.6. The summed E-state index contributed by atoms with van der Waals surface area (Å²) in [6.07, 6.45) is -3.03. The Balaban J connectivity index is 1.03. The van der Waals surface area contributed by atoms with Crippen LogP contribution in [0.2, 0.25) is 0 Å². The van der Waals surface area contributed by atoms with E-state index < -0.39 is 22.4 Å². The molecule has 13 heteroatoms. The van der Waals surface area contributed by atoms with Crippen LogP contribution in [0.4, 0.5) is 18.9 Å². The molecule has 0 radical (unpaired) electrons. The van der Waals surface area contributed by atoms with Gasteiger partial charge in [0.1, 0.15) is 22.9 Å². The molecule has 41 heavy (non-hydrogen) atoms. The fourth-order valence-electron chi connectivity index (χ4n) is 5.26. The zero-order chi connectivity index (χ0) is 29.1. The highest BCUT2D eigenvalue weighted by atomic mass is 32.1. The van der Waals surface area contributed by atoms with E-state index in [1.165, 1.54) is 16.3 Å². The van der Waals surface area contributed by atoms with Crippen molar-refractivity contribution in [2.45, 2.75) is 57.5 Å². The van der Waals surface area contributed by atoms with Crippen molar-refractivity contribution in [3.8, 4) is 5.75 Å². The molecular formula is C28H31F3N4O5S. The molecule has 2 aliphatic rings. The van der Waals surface area contributed by atoms with Crippen LogP contribution in [0.25, 0.3) is 10.2 Å². The summed E-state index contributed by atoms with van der Waals surface area (Å²) in [6.45, 7) is 5.60. The number of carbonyl (C=O) groups excluding carboxylic acids is 1. The molecular weight excluding hydrogens is 561 g/mol. The minimum absolute atomic E-state index is 0.00922. The summed E-state index contributed by atoms with van der Waals surface area (Å²) >= 11 is 1.70. The normalized spacial score (nSPS) is 20.3. The summed E-state index contributed by atoms with van der Waals surface area (Å²) < 4.78 is 52.5. The minimum Gasteiger partial charge on any atom is -0.490 e. The molecule has 0 unspecified atom stereocenters. The number of halogens is 3. The molecule has 0 N–H and O–H groups in total. The second-order valence-corrected chi connectivity index (χ2v) is 11.6. The number of fused-ring (bicyclic) bond motifs is 1. The van der Waals surface area contributed by atoms with Crippen LogP contribution in [0.3, 0.4) is 0 Å². The van der Waals surface area contributed by atoms with Gasteiger partial charge >= 0.3 is 6.18 Å². The first-order valence-corrected chi connectivity index (χ1v) is 14.4. The molecule has 1 aromatic heterocycles. The van der Waals surface area contributed by atoms with Crippen molar-refractivity contribution in [1.82, 2.24) is 14.8 Å². The first kappa shape index (κ1) is 29.2. The number of amides is 1. The summed E-state index contributed by atoms with van der Waals surface area (Å²) in [5, 5.41) is 12.0. The average Bonchev–Trinajstić information content (AvgIpc) is 3.33. The van der Waals surface area contributed by atoms with E-state index in [1.54, 1.807) is 11.3 Å². The predicted molar refractivity (Wildman–Crippen MR) is 147 cm³/mol. The van der Waals surface area contributed by atoms with Gasteiger partial charge in [0, 0.05) is 32.2 Å². The number of nitro benzene ring substituents is 1. The molecule has 1 saturated carbocycles. The molecule has 3 aromatic rings. The maximum absolute atomic E-state index is 13.2. The van der Waals surface area contributed by atoms with E-state index in [9.17, 15) is 28.1 Å². The number of hydrogen-bond acceptors (Lipinski definition) is 8. The third-order valence-corrected chi connectivity index (χ3v) is 8.53. The average molecular weight is 593 g/mol. The van der Waals surface area contributed by atoms with Crippen molar-refractivity contribution in [3.63, 3.8) is 0 Å². The van der Waals surface area contributed by atoms with Crippen molar-refractivity contribution in [1.29, 1.82) is 0 Å². The molecule has 1 aliphatic heterocycles. The number of aryl methyl sites for hydroxylation is 1. The fourth-order valence-corrected chi connectivity index (χ4v) is 6.25. The van der Waals surface area contributed by atoms with Gasteiger partial charge in [0.25, 0.3) is 5.69 Å². The van der Waals surface area contributed by atoms with Crippen LogP contribution < -0.4 is 4.74 Å². The molecule has 5 rings (SSSR count). The number of nitrogens with zero attached hydrogens (tertiary/aromatic N) is 4. The van der Waals surface area contributed by atoms with Gasteiger partial charge in [-0.05, 0) is 62.4 Å². The number of carbonyl (C=O) groups is 1. The SMILES string of the molecule is Cc1ccc2sc(CN3CCN(C(=O)COC4CCC(Oc5ccc([N+](=O)[O-])c(C(F)(F)F)c5)CC4)CC3)nc2c1. The molecule has 2 aromatic carbocycles. The molecule has 2 fully saturated rings. The molecule has 1 aliphatic carbocycles. The quantitative estimate of drug-likeness (QED) is 0.249. The highest BCUT2D eigenvalue weighted by molar-refractivity contribution is 7.18. The molecule has 0 atom stereocenters. The standard InChI is InChI=1S/C28H31F3N4O5S/c1-18-2-9-25-23(14-18)32-26(41-25)16-33-10-12-34(13-11-33)27(36)17-39-19-3-5-20(6-4-19)40-21-7-8-24(35(37)38)22(15-21)28(29,30)31/h2,7-9,14-15,19-20H,3-6,10-13,16-17H2,1H3. The van der Waals surface area contributed by atoms with Gasteiger partial charge in [-0.1, -0.05) is 6.07 Å². The van der Waals surface area contributed by atoms with E-state index >= 15 is 0 Å². The molecule has 220 valence electrons. The summed E-state index contributed by atoms with van der Waals surface area (Å²) in [4.78, 5) is 31.5. The van der Waals surface area contributed by atoms with Gasteiger partial charge in [0.2, 0.25) is 5.91 Å². The largest absolute Gasteiger partial charge is 0.490 e. The third kappa shape index (κ3) is 7.32. The van der Waals surface area contributed by atoms with E-state index in [4.69, 9.17) is 14.5 Å². The summed E-state index contributed by atoms with van der Waals surface area (Å²) in [5.74, 6) is -0.108. The lowest BCUT2D eigenvalue weighted by Gasteiger charge is -2.35. The molecule has 0 spiro atoms. The topological polar surface area (TPSA) is 98.0 Å². The van der Waals surface area contributed by atoms with Crippen molar-refractivity contribution in [2.24, 2.45) is 0 Å². The van der Waals surface area contributed by atoms with E-state index in [-0.39, 0.29) is 30.5 Å². The second-order valence-electron chi connectivity index (χ2n) is 10.5. The Bertz CT molecular complexity index is 1400. The van der Waals surface area contributed by atoms with Crippen molar-refractivity contribution in [2.75, 3.05) is 32.8 Å². The number of alkyl halides is 3. The van der Waals surface area contributed by atoms with Crippen molar-refractivity contribution >= 4 is 33.1 Å². The summed E-state index contributed by atoms with van der Waals surface area (Å²) in [7, 11) is 0. The van der Waals surface area contributed by atoms with Crippen LogP contribution in [0.15, 0.2) is 36.4 Å². The summed E-state index contributed by atoms with van der Waals surface area (Å²) in [6, 6.07) is 8.98. The smallest absolute Gasteiger partial charge is 0.423 e. The van der Waals surface area contributed by atoms with Gasteiger partial charge in [0.05, 0.1) is 33.9 Å². The number of piperazine rings is 1. The Morgan fingerprint density at radius 1 is 1.07 bits per heavy atom. The van der Waals surface area contributed by atoms with Crippen LogP contribution in [-0.2, 0) is 22.3 Å². The van der Waals surface area contributed by atoms with Crippen LogP contribution in [0.1, 0.15) is 41.8 Å². The first-order valence-electron chi connectivity index (χ1n) is 13.6.